The molecule has 0 saturated carbocycles. The van der Waals surface area contributed by atoms with Gasteiger partial charge in [0, 0.05) is 19.3 Å². The van der Waals surface area contributed by atoms with Crippen LogP contribution in [0.15, 0.2) is 17.4 Å². The van der Waals surface area contributed by atoms with E-state index >= 15 is 0 Å². The van der Waals surface area contributed by atoms with E-state index in [1.807, 2.05) is 0 Å². The van der Waals surface area contributed by atoms with Gasteiger partial charge in [0.2, 0.25) is 11.8 Å². The molecule has 6 nitrogen and oxygen atoms in total. The number of aromatic nitrogens is 2. The van der Waals surface area contributed by atoms with E-state index in [-0.39, 0.29) is 23.5 Å². The largest absolute Gasteiger partial charge is 0.433 e. The van der Waals surface area contributed by atoms with Gasteiger partial charge in [-0.3, -0.25) is 9.59 Å². The standard InChI is InChI=1S/C14H17F3N4O2S/c1-8(12(23)21-6-2-3-9(7-21)11(18)22)24-13-19-5-4-10(20-13)14(15,16)17/h4-5,8-9H,2-3,6-7H2,1H3,(H2,18,22). The predicted molar refractivity (Wildman–Crippen MR) is 80.9 cm³/mol. The Morgan fingerprint density at radius 2 is 2.17 bits per heavy atom. The van der Waals surface area contributed by atoms with Crippen LogP contribution in [0.4, 0.5) is 13.2 Å². The molecule has 1 fully saturated rings. The minimum absolute atomic E-state index is 0.117. The first kappa shape index (κ1) is 18.5. The molecule has 0 spiro atoms. The van der Waals surface area contributed by atoms with Gasteiger partial charge in [0.1, 0.15) is 5.69 Å². The van der Waals surface area contributed by atoms with Gasteiger partial charge in [-0.05, 0) is 25.8 Å². The van der Waals surface area contributed by atoms with E-state index in [0.29, 0.717) is 19.4 Å². The fourth-order valence-electron chi connectivity index (χ4n) is 2.43. The van der Waals surface area contributed by atoms with Crippen LogP contribution in [0.1, 0.15) is 25.5 Å². The van der Waals surface area contributed by atoms with Crippen LogP contribution in [0.25, 0.3) is 0 Å². The van der Waals surface area contributed by atoms with Gasteiger partial charge in [-0.1, -0.05) is 11.8 Å². The van der Waals surface area contributed by atoms with Gasteiger partial charge in [0.15, 0.2) is 5.16 Å². The number of thioether (sulfide) groups is 1. The Hall–Kier alpha value is -1.84. The number of hydrogen-bond donors (Lipinski definition) is 1. The molecule has 2 heterocycles. The number of hydrogen-bond acceptors (Lipinski definition) is 5. The van der Waals surface area contributed by atoms with Crippen molar-refractivity contribution >= 4 is 23.6 Å². The maximum atomic E-state index is 12.7. The Morgan fingerprint density at radius 3 is 2.79 bits per heavy atom. The Bertz CT molecular complexity index is 626. The van der Waals surface area contributed by atoms with E-state index in [2.05, 4.69) is 9.97 Å². The molecular weight excluding hydrogens is 345 g/mol. The average molecular weight is 362 g/mol. The molecule has 2 atom stereocenters. The number of nitrogens with zero attached hydrogens (tertiary/aromatic N) is 3. The summed E-state index contributed by atoms with van der Waals surface area (Å²) in [6, 6.07) is 0.776. The molecule has 1 aromatic heterocycles. The second-order valence-electron chi connectivity index (χ2n) is 5.51. The molecule has 1 aromatic rings. The minimum atomic E-state index is -4.56. The van der Waals surface area contributed by atoms with Crippen LogP contribution in [-0.2, 0) is 15.8 Å². The number of likely N-dealkylation sites (tertiary alicyclic amines) is 1. The first-order valence-electron chi connectivity index (χ1n) is 7.33. The molecule has 2 N–H and O–H groups in total. The van der Waals surface area contributed by atoms with Gasteiger partial charge in [-0.25, -0.2) is 9.97 Å². The number of carbonyl (C=O) groups excluding carboxylic acids is 2. The zero-order valence-electron chi connectivity index (χ0n) is 12.9. The summed E-state index contributed by atoms with van der Waals surface area (Å²) in [5.41, 5.74) is 4.23. The van der Waals surface area contributed by atoms with E-state index < -0.39 is 23.0 Å². The third-order valence-electron chi connectivity index (χ3n) is 3.69. The number of nitrogens with two attached hydrogens (primary N) is 1. The Morgan fingerprint density at radius 1 is 1.46 bits per heavy atom. The SMILES string of the molecule is CC(Sc1nccc(C(F)(F)F)n1)C(=O)N1CCCC(C(N)=O)C1. The number of halogens is 3. The third kappa shape index (κ3) is 4.59. The monoisotopic (exact) mass is 362 g/mol. The van der Waals surface area contributed by atoms with Crippen LogP contribution in [0, 0.1) is 5.92 Å². The van der Waals surface area contributed by atoms with Crippen molar-refractivity contribution in [3.63, 3.8) is 0 Å². The van der Waals surface area contributed by atoms with Crippen LogP contribution < -0.4 is 5.73 Å². The Kier molecular flexibility index (Phi) is 5.68. The quantitative estimate of drug-likeness (QED) is 0.650. The lowest BCUT2D eigenvalue weighted by atomic mass is 9.97. The molecule has 1 aliphatic rings. The molecule has 24 heavy (non-hydrogen) atoms. The second-order valence-corrected chi connectivity index (χ2v) is 6.82. The van der Waals surface area contributed by atoms with E-state index in [9.17, 15) is 22.8 Å². The predicted octanol–water partition coefficient (Wildman–Crippen LogP) is 1.70. The number of amides is 2. The second kappa shape index (κ2) is 7.37. The lowest BCUT2D eigenvalue weighted by Crippen LogP contribution is -2.46. The van der Waals surface area contributed by atoms with Crippen LogP contribution >= 0.6 is 11.8 Å². The maximum Gasteiger partial charge on any atom is 0.433 e. The molecular formula is C14H17F3N4O2S. The van der Waals surface area contributed by atoms with Crippen LogP contribution in [0.5, 0.6) is 0 Å². The van der Waals surface area contributed by atoms with Gasteiger partial charge >= 0.3 is 6.18 Å². The zero-order valence-corrected chi connectivity index (χ0v) is 13.7. The summed E-state index contributed by atoms with van der Waals surface area (Å²) in [5, 5.41) is -0.783. The summed E-state index contributed by atoms with van der Waals surface area (Å²) in [6.45, 7) is 2.31. The highest BCUT2D eigenvalue weighted by Gasteiger charge is 2.34. The summed E-state index contributed by atoms with van der Waals surface area (Å²) in [7, 11) is 0. The zero-order chi connectivity index (χ0) is 17.9. The van der Waals surface area contributed by atoms with Crippen molar-refractivity contribution in [2.45, 2.75) is 36.3 Å². The highest BCUT2D eigenvalue weighted by atomic mass is 32.2. The summed E-state index contributed by atoms with van der Waals surface area (Å²) in [4.78, 5) is 32.4. The van der Waals surface area contributed by atoms with E-state index in [4.69, 9.17) is 5.73 Å². The first-order chi connectivity index (χ1) is 11.2. The molecule has 2 unspecified atom stereocenters. The molecule has 1 aliphatic heterocycles. The van der Waals surface area contributed by atoms with Crippen LogP contribution in [0.2, 0.25) is 0 Å². The molecule has 0 radical (unpaired) electrons. The van der Waals surface area contributed by atoms with E-state index in [1.54, 1.807) is 6.92 Å². The Labute approximate surface area is 141 Å². The number of alkyl halides is 3. The highest BCUT2D eigenvalue weighted by molar-refractivity contribution is 8.00. The highest BCUT2D eigenvalue weighted by Crippen LogP contribution is 2.30. The van der Waals surface area contributed by atoms with Crippen molar-refractivity contribution in [3.05, 3.63) is 18.0 Å². The molecule has 0 aliphatic carbocycles. The number of primary amides is 1. The fourth-order valence-corrected chi connectivity index (χ4v) is 3.27. The normalized spacial score (nSPS) is 19.8. The maximum absolute atomic E-state index is 12.7. The van der Waals surface area contributed by atoms with Gasteiger partial charge < -0.3 is 10.6 Å². The van der Waals surface area contributed by atoms with Crippen LogP contribution in [0.3, 0.4) is 0 Å². The summed E-state index contributed by atoms with van der Waals surface area (Å²) < 4.78 is 38.0. The smallest absolute Gasteiger partial charge is 0.369 e. The van der Waals surface area contributed by atoms with Gasteiger partial charge in [0.25, 0.3) is 0 Å². The van der Waals surface area contributed by atoms with E-state index in [0.717, 1.165) is 24.0 Å². The molecule has 2 amide bonds. The van der Waals surface area contributed by atoms with Crippen LogP contribution in [-0.4, -0.2) is 45.0 Å². The lowest BCUT2D eigenvalue weighted by molar-refractivity contribution is -0.141. The van der Waals surface area contributed by atoms with Gasteiger partial charge in [-0.15, -0.1) is 0 Å². The molecule has 132 valence electrons. The third-order valence-corrected chi connectivity index (χ3v) is 4.65. The molecule has 1 saturated heterocycles. The van der Waals surface area contributed by atoms with Crippen molar-refractivity contribution in [3.8, 4) is 0 Å². The topological polar surface area (TPSA) is 89.2 Å². The fraction of sp³-hybridized carbons (Fsp3) is 0.571. The average Bonchev–Trinajstić information content (AvgIpc) is 2.53. The van der Waals surface area contributed by atoms with Crippen molar-refractivity contribution in [1.29, 1.82) is 0 Å². The van der Waals surface area contributed by atoms with Crippen molar-refractivity contribution in [2.75, 3.05) is 13.1 Å². The van der Waals surface area contributed by atoms with Crippen molar-refractivity contribution in [1.82, 2.24) is 14.9 Å². The summed E-state index contributed by atoms with van der Waals surface area (Å²) in [6.07, 6.45) is -2.25. The summed E-state index contributed by atoms with van der Waals surface area (Å²) in [5.74, 6) is -1.11. The minimum Gasteiger partial charge on any atom is -0.369 e. The number of rotatable bonds is 4. The number of piperidine rings is 1. The van der Waals surface area contributed by atoms with Crippen molar-refractivity contribution in [2.24, 2.45) is 11.7 Å². The van der Waals surface area contributed by atoms with Crippen molar-refractivity contribution < 1.29 is 22.8 Å². The molecule has 10 heteroatoms. The lowest BCUT2D eigenvalue weighted by Gasteiger charge is -2.32. The van der Waals surface area contributed by atoms with Gasteiger partial charge in [0.05, 0.1) is 11.2 Å². The first-order valence-corrected chi connectivity index (χ1v) is 8.21. The van der Waals surface area contributed by atoms with Gasteiger partial charge in [-0.2, -0.15) is 13.2 Å². The summed E-state index contributed by atoms with van der Waals surface area (Å²) >= 11 is 0.856. The van der Waals surface area contributed by atoms with E-state index in [1.165, 1.54) is 4.90 Å². The molecule has 0 aromatic carbocycles. The molecule has 0 bridgehead atoms. The molecule has 2 rings (SSSR count). The Balaban J connectivity index is 2.02. The number of carbonyl (C=O) groups is 2.